The molecular weight excluding hydrogens is 296 g/mol. The first-order valence-corrected chi connectivity index (χ1v) is 7.96. The molecule has 0 aromatic heterocycles. The van der Waals surface area contributed by atoms with E-state index in [4.69, 9.17) is 0 Å². The molecule has 2 amide bonds. The standard InChI is InChI=1S/C21H20N2O/c1-2-14-23(16-17-8-4-3-5-9-17)21(24)22-20-13-12-18-10-6-7-11-19(18)15-20/h2-13,15H,1,14,16H2,(H,22,24). The molecule has 0 fully saturated rings. The molecule has 3 aromatic rings. The summed E-state index contributed by atoms with van der Waals surface area (Å²) in [4.78, 5) is 14.3. The number of fused-ring (bicyclic) bond motifs is 1. The maximum absolute atomic E-state index is 12.6. The number of nitrogens with one attached hydrogen (secondary N) is 1. The summed E-state index contributed by atoms with van der Waals surface area (Å²) in [5.74, 6) is 0. The number of rotatable bonds is 5. The molecule has 24 heavy (non-hydrogen) atoms. The molecule has 0 heterocycles. The zero-order chi connectivity index (χ0) is 16.8. The minimum Gasteiger partial charge on any atom is -0.316 e. The highest BCUT2D eigenvalue weighted by Gasteiger charge is 2.13. The van der Waals surface area contributed by atoms with E-state index in [9.17, 15) is 4.79 Å². The van der Waals surface area contributed by atoms with Crippen molar-refractivity contribution in [1.29, 1.82) is 0 Å². The third-order valence-corrected chi connectivity index (χ3v) is 3.85. The Labute approximate surface area is 142 Å². The number of hydrogen-bond acceptors (Lipinski definition) is 1. The predicted molar refractivity (Wildman–Crippen MR) is 100 cm³/mol. The number of hydrogen-bond donors (Lipinski definition) is 1. The van der Waals surface area contributed by atoms with Gasteiger partial charge in [0.15, 0.2) is 0 Å². The lowest BCUT2D eigenvalue weighted by Gasteiger charge is -2.22. The molecule has 0 saturated carbocycles. The van der Waals surface area contributed by atoms with Gasteiger partial charge in [-0.15, -0.1) is 6.58 Å². The number of amides is 2. The number of carbonyl (C=O) groups excluding carboxylic acids is 1. The molecule has 0 aliphatic heterocycles. The Hall–Kier alpha value is -3.07. The Morgan fingerprint density at radius 1 is 0.958 bits per heavy atom. The molecule has 3 aromatic carbocycles. The van der Waals surface area contributed by atoms with Gasteiger partial charge in [0.1, 0.15) is 0 Å². The van der Waals surface area contributed by atoms with Crippen molar-refractivity contribution in [2.75, 3.05) is 11.9 Å². The van der Waals surface area contributed by atoms with Crippen LogP contribution in [0.5, 0.6) is 0 Å². The van der Waals surface area contributed by atoms with Crippen LogP contribution in [0.2, 0.25) is 0 Å². The molecule has 3 nitrogen and oxygen atoms in total. The van der Waals surface area contributed by atoms with Crippen molar-refractivity contribution < 1.29 is 4.79 Å². The molecule has 0 bridgehead atoms. The van der Waals surface area contributed by atoms with Crippen LogP contribution in [0, 0.1) is 0 Å². The van der Waals surface area contributed by atoms with E-state index in [0.29, 0.717) is 13.1 Å². The van der Waals surface area contributed by atoms with Gasteiger partial charge in [-0.25, -0.2) is 4.79 Å². The fraction of sp³-hybridized carbons (Fsp3) is 0.0952. The van der Waals surface area contributed by atoms with E-state index in [1.54, 1.807) is 11.0 Å². The van der Waals surface area contributed by atoms with Crippen molar-refractivity contribution in [3.8, 4) is 0 Å². The highest BCUT2D eigenvalue weighted by molar-refractivity contribution is 5.93. The van der Waals surface area contributed by atoms with Gasteiger partial charge in [0.05, 0.1) is 0 Å². The molecule has 0 aliphatic rings. The largest absolute Gasteiger partial charge is 0.322 e. The molecule has 0 spiro atoms. The topological polar surface area (TPSA) is 32.3 Å². The van der Waals surface area contributed by atoms with Gasteiger partial charge in [0.2, 0.25) is 0 Å². The smallest absolute Gasteiger partial charge is 0.316 e. The molecule has 0 atom stereocenters. The van der Waals surface area contributed by atoms with Gasteiger partial charge in [-0.2, -0.15) is 0 Å². The lowest BCUT2D eigenvalue weighted by Crippen LogP contribution is -2.34. The van der Waals surface area contributed by atoms with Gasteiger partial charge in [-0.3, -0.25) is 0 Å². The maximum atomic E-state index is 12.6. The second-order valence-electron chi connectivity index (χ2n) is 5.65. The Balaban J connectivity index is 1.75. The minimum atomic E-state index is -0.131. The van der Waals surface area contributed by atoms with Crippen molar-refractivity contribution in [1.82, 2.24) is 4.90 Å². The van der Waals surface area contributed by atoms with Gasteiger partial charge in [0, 0.05) is 18.8 Å². The van der Waals surface area contributed by atoms with E-state index in [1.807, 2.05) is 66.7 Å². The van der Waals surface area contributed by atoms with E-state index >= 15 is 0 Å². The first-order valence-electron chi connectivity index (χ1n) is 7.96. The molecule has 0 saturated heterocycles. The van der Waals surface area contributed by atoms with Crippen LogP contribution in [-0.4, -0.2) is 17.5 Å². The molecule has 120 valence electrons. The van der Waals surface area contributed by atoms with Gasteiger partial charge < -0.3 is 10.2 Å². The van der Waals surface area contributed by atoms with Crippen molar-refractivity contribution in [2.45, 2.75) is 6.54 Å². The third kappa shape index (κ3) is 3.82. The molecule has 0 radical (unpaired) electrons. The van der Waals surface area contributed by atoms with Gasteiger partial charge in [-0.05, 0) is 28.5 Å². The normalized spacial score (nSPS) is 10.3. The number of anilines is 1. The summed E-state index contributed by atoms with van der Waals surface area (Å²) in [6.45, 7) is 4.79. The fourth-order valence-electron chi connectivity index (χ4n) is 2.65. The summed E-state index contributed by atoms with van der Waals surface area (Å²) in [5.41, 5.74) is 1.88. The van der Waals surface area contributed by atoms with Gasteiger partial charge in [-0.1, -0.05) is 66.7 Å². The zero-order valence-corrected chi connectivity index (χ0v) is 13.5. The minimum absolute atomic E-state index is 0.131. The monoisotopic (exact) mass is 316 g/mol. The molecular formula is C21H20N2O. The summed E-state index contributed by atoms with van der Waals surface area (Å²) >= 11 is 0. The van der Waals surface area contributed by atoms with Crippen LogP contribution in [0.1, 0.15) is 5.56 Å². The van der Waals surface area contributed by atoms with Gasteiger partial charge in [0.25, 0.3) is 0 Å². The van der Waals surface area contributed by atoms with Crippen LogP contribution in [0.3, 0.4) is 0 Å². The molecule has 0 unspecified atom stereocenters. The van der Waals surface area contributed by atoms with Crippen LogP contribution in [0.4, 0.5) is 10.5 Å². The fourth-order valence-corrected chi connectivity index (χ4v) is 2.65. The Bertz CT molecular complexity index is 843. The average Bonchev–Trinajstić information content (AvgIpc) is 2.62. The zero-order valence-electron chi connectivity index (χ0n) is 13.5. The third-order valence-electron chi connectivity index (χ3n) is 3.85. The van der Waals surface area contributed by atoms with Crippen molar-refractivity contribution >= 4 is 22.5 Å². The van der Waals surface area contributed by atoms with E-state index in [-0.39, 0.29) is 6.03 Å². The van der Waals surface area contributed by atoms with Crippen LogP contribution >= 0.6 is 0 Å². The number of urea groups is 1. The first-order chi connectivity index (χ1) is 11.8. The lowest BCUT2D eigenvalue weighted by atomic mass is 10.1. The molecule has 3 heteroatoms. The first kappa shape index (κ1) is 15.8. The highest BCUT2D eigenvalue weighted by Crippen LogP contribution is 2.19. The Morgan fingerprint density at radius 2 is 1.67 bits per heavy atom. The molecule has 1 N–H and O–H groups in total. The summed E-state index contributed by atoms with van der Waals surface area (Å²) in [5, 5.41) is 5.24. The van der Waals surface area contributed by atoms with Crippen LogP contribution < -0.4 is 5.32 Å². The van der Waals surface area contributed by atoms with Crippen LogP contribution in [0.15, 0.2) is 85.5 Å². The summed E-state index contributed by atoms with van der Waals surface area (Å²) in [7, 11) is 0. The quantitative estimate of drug-likeness (QED) is 0.656. The van der Waals surface area contributed by atoms with E-state index in [1.165, 1.54) is 0 Å². The summed E-state index contributed by atoms with van der Waals surface area (Å²) in [6, 6.07) is 23.8. The SMILES string of the molecule is C=CCN(Cc1ccccc1)C(=O)Nc1ccc2ccccc2c1. The second kappa shape index (κ2) is 7.47. The van der Waals surface area contributed by atoms with Crippen LogP contribution in [0.25, 0.3) is 10.8 Å². The average molecular weight is 316 g/mol. The maximum Gasteiger partial charge on any atom is 0.322 e. The number of benzene rings is 3. The van der Waals surface area contributed by atoms with E-state index < -0.39 is 0 Å². The molecule has 0 aliphatic carbocycles. The lowest BCUT2D eigenvalue weighted by molar-refractivity contribution is 0.215. The van der Waals surface area contributed by atoms with Gasteiger partial charge >= 0.3 is 6.03 Å². The Morgan fingerprint density at radius 3 is 2.42 bits per heavy atom. The number of nitrogens with zero attached hydrogens (tertiary/aromatic N) is 1. The predicted octanol–water partition coefficient (Wildman–Crippen LogP) is 5.06. The highest BCUT2D eigenvalue weighted by atomic mass is 16.2. The molecule has 3 rings (SSSR count). The second-order valence-corrected chi connectivity index (χ2v) is 5.65. The summed E-state index contributed by atoms with van der Waals surface area (Å²) in [6.07, 6.45) is 1.74. The number of carbonyl (C=O) groups is 1. The van der Waals surface area contributed by atoms with Crippen molar-refractivity contribution in [3.05, 3.63) is 91.0 Å². The Kier molecular flexibility index (Phi) is 4.92. The van der Waals surface area contributed by atoms with Crippen LogP contribution in [-0.2, 0) is 6.54 Å². The van der Waals surface area contributed by atoms with E-state index in [2.05, 4.69) is 18.0 Å². The van der Waals surface area contributed by atoms with E-state index in [0.717, 1.165) is 22.0 Å². The van der Waals surface area contributed by atoms with Crippen molar-refractivity contribution in [3.63, 3.8) is 0 Å². The van der Waals surface area contributed by atoms with Crippen molar-refractivity contribution in [2.24, 2.45) is 0 Å². The summed E-state index contributed by atoms with van der Waals surface area (Å²) < 4.78 is 0.